The average Bonchev–Trinajstić information content (AvgIpc) is 2.31. The summed E-state index contributed by atoms with van der Waals surface area (Å²) in [6, 6.07) is 0. The highest BCUT2D eigenvalue weighted by Crippen LogP contribution is 2.08. The Morgan fingerprint density at radius 1 is 1.80 bits per heavy atom. The monoisotopic (exact) mass is 217 g/mol. The number of thiazole rings is 1. The van der Waals surface area contributed by atoms with Gasteiger partial charge >= 0.3 is 0 Å². The molecule has 0 radical (unpaired) electrons. The smallest absolute Gasteiger partial charge is 0.0901 e. The number of aryl methyl sites for hydroxylation is 1. The Balaban J connectivity index is 2.67. The Morgan fingerprint density at radius 3 is 3.10 bits per heavy atom. The molecule has 1 heterocycles. The van der Waals surface area contributed by atoms with E-state index in [4.69, 9.17) is 0 Å². The number of rotatable bonds is 2. The van der Waals surface area contributed by atoms with Crippen LogP contribution < -0.4 is 0 Å². The second kappa shape index (κ2) is 3.88. The molecule has 0 saturated carbocycles. The van der Waals surface area contributed by atoms with E-state index in [1.54, 1.807) is 11.3 Å². The standard InChI is InChI=1S/C7H8BrNS/c1-6-9-7(5-10-6)3-2-4-8/h2-3,5H,4H2,1H3/b3-2+. The number of allylic oxidation sites excluding steroid dienone is 1. The summed E-state index contributed by atoms with van der Waals surface area (Å²) in [5, 5.41) is 4.06. The zero-order valence-corrected chi connectivity index (χ0v) is 8.08. The lowest BCUT2D eigenvalue weighted by Crippen LogP contribution is -1.70. The molecule has 0 unspecified atom stereocenters. The van der Waals surface area contributed by atoms with E-state index < -0.39 is 0 Å². The quantitative estimate of drug-likeness (QED) is 0.695. The first kappa shape index (κ1) is 7.95. The predicted octanol–water partition coefficient (Wildman–Crippen LogP) is 2.86. The van der Waals surface area contributed by atoms with Crippen molar-refractivity contribution in [2.24, 2.45) is 0 Å². The van der Waals surface area contributed by atoms with Crippen LogP contribution in [-0.2, 0) is 0 Å². The Labute approximate surface area is 72.9 Å². The number of aromatic nitrogens is 1. The summed E-state index contributed by atoms with van der Waals surface area (Å²) in [7, 11) is 0. The Bertz CT molecular complexity index is 229. The molecule has 3 heteroatoms. The summed E-state index contributed by atoms with van der Waals surface area (Å²) in [4.78, 5) is 4.26. The van der Waals surface area contributed by atoms with Crippen molar-refractivity contribution in [3.8, 4) is 0 Å². The number of halogens is 1. The molecular formula is C7H8BrNS. The van der Waals surface area contributed by atoms with Crippen LogP contribution in [0, 0.1) is 6.92 Å². The van der Waals surface area contributed by atoms with Crippen LogP contribution in [0.3, 0.4) is 0 Å². The van der Waals surface area contributed by atoms with Crippen molar-refractivity contribution in [3.63, 3.8) is 0 Å². The molecule has 1 rings (SSSR count). The van der Waals surface area contributed by atoms with E-state index in [9.17, 15) is 0 Å². The van der Waals surface area contributed by atoms with Gasteiger partial charge in [-0.3, -0.25) is 0 Å². The van der Waals surface area contributed by atoms with Gasteiger partial charge in [-0.15, -0.1) is 11.3 Å². The number of hydrogen-bond donors (Lipinski definition) is 0. The Kier molecular flexibility index (Phi) is 3.09. The molecule has 0 N–H and O–H groups in total. The molecule has 0 fully saturated rings. The third-order valence-corrected chi connectivity index (χ3v) is 2.18. The second-order valence-electron chi connectivity index (χ2n) is 1.85. The highest BCUT2D eigenvalue weighted by Gasteiger charge is 1.90. The number of nitrogens with zero attached hydrogens (tertiary/aromatic N) is 1. The molecular weight excluding hydrogens is 210 g/mol. The molecule has 0 saturated heterocycles. The second-order valence-corrected chi connectivity index (χ2v) is 3.56. The van der Waals surface area contributed by atoms with Gasteiger partial charge < -0.3 is 0 Å². The minimum absolute atomic E-state index is 0.892. The predicted molar refractivity (Wildman–Crippen MR) is 49.7 cm³/mol. The zero-order valence-electron chi connectivity index (χ0n) is 5.67. The molecule has 1 aromatic rings. The van der Waals surface area contributed by atoms with Crippen molar-refractivity contribution in [1.82, 2.24) is 4.98 Å². The molecule has 1 aromatic heterocycles. The van der Waals surface area contributed by atoms with Gasteiger partial charge in [-0.25, -0.2) is 4.98 Å². The van der Waals surface area contributed by atoms with Gasteiger partial charge in [-0.1, -0.05) is 22.0 Å². The first-order valence-corrected chi connectivity index (χ1v) is 4.97. The minimum Gasteiger partial charge on any atom is -0.242 e. The first-order valence-electron chi connectivity index (χ1n) is 2.97. The van der Waals surface area contributed by atoms with E-state index in [2.05, 4.69) is 26.3 Å². The number of hydrogen-bond acceptors (Lipinski definition) is 2. The molecule has 10 heavy (non-hydrogen) atoms. The zero-order chi connectivity index (χ0) is 7.40. The molecule has 0 amide bonds. The van der Waals surface area contributed by atoms with E-state index in [1.165, 1.54) is 0 Å². The van der Waals surface area contributed by atoms with Crippen molar-refractivity contribution < 1.29 is 0 Å². The maximum absolute atomic E-state index is 4.26. The highest BCUT2D eigenvalue weighted by atomic mass is 79.9. The molecule has 0 bridgehead atoms. The summed E-state index contributed by atoms with van der Waals surface area (Å²) >= 11 is 4.98. The van der Waals surface area contributed by atoms with E-state index in [0.717, 1.165) is 16.0 Å². The van der Waals surface area contributed by atoms with Gasteiger partial charge in [0.2, 0.25) is 0 Å². The maximum atomic E-state index is 4.26. The Hall–Kier alpha value is -0.150. The SMILES string of the molecule is Cc1nc(/C=C/CBr)cs1. The van der Waals surface area contributed by atoms with Crippen LogP contribution in [0.15, 0.2) is 11.5 Å². The van der Waals surface area contributed by atoms with E-state index in [1.807, 2.05) is 19.1 Å². The molecule has 1 nitrogen and oxygen atoms in total. The number of alkyl halides is 1. The van der Waals surface area contributed by atoms with Gasteiger partial charge in [0, 0.05) is 10.7 Å². The van der Waals surface area contributed by atoms with Gasteiger partial charge in [0.1, 0.15) is 0 Å². The fourth-order valence-corrected chi connectivity index (χ4v) is 1.39. The summed E-state index contributed by atoms with van der Waals surface area (Å²) in [5.41, 5.74) is 1.06. The Morgan fingerprint density at radius 2 is 2.60 bits per heavy atom. The van der Waals surface area contributed by atoms with Crippen LogP contribution in [-0.4, -0.2) is 10.3 Å². The molecule has 0 aliphatic rings. The van der Waals surface area contributed by atoms with Crippen LogP contribution in [0.2, 0.25) is 0 Å². The third-order valence-electron chi connectivity index (χ3n) is 1.01. The minimum atomic E-state index is 0.892. The van der Waals surface area contributed by atoms with E-state index in [-0.39, 0.29) is 0 Å². The van der Waals surface area contributed by atoms with Gasteiger partial charge in [0.25, 0.3) is 0 Å². The van der Waals surface area contributed by atoms with E-state index in [0.29, 0.717) is 0 Å². The summed E-state index contributed by atoms with van der Waals surface area (Å²) < 4.78 is 0. The average molecular weight is 218 g/mol. The van der Waals surface area contributed by atoms with Gasteiger partial charge in [-0.05, 0) is 13.0 Å². The first-order chi connectivity index (χ1) is 4.83. The highest BCUT2D eigenvalue weighted by molar-refractivity contribution is 9.09. The molecule has 0 aromatic carbocycles. The normalized spacial score (nSPS) is 11.0. The van der Waals surface area contributed by atoms with Crippen LogP contribution in [0.25, 0.3) is 6.08 Å². The third kappa shape index (κ3) is 2.23. The maximum Gasteiger partial charge on any atom is 0.0901 e. The van der Waals surface area contributed by atoms with Crippen LogP contribution in [0.4, 0.5) is 0 Å². The largest absolute Gasteiger partial charge is 0.242 e. The summed E-state index contributed by atoms with van der Waals surface area (Å²) in [6.07, 6.45) is 4.05. The molecule has 0 atom stereocenters. The van der Waals surface area contributed by atoms with Crippen LogP contribution in [0.1, 0.15) is 10.7 Å². The van der Waals surface area contributed by atoms with Crippen LogP contribution >= 0.6 is 27.3 Å². The van der Waals surface area contributed by atoms with Crippen molar-refractivity contribution in [2.75, 3.05) is 5.33 Å². The van der Waals surface area contributed by atoms with Gasteiger partial charge in [-0.2, -0.15) is 0 Å². The van der Waals surface area contributed by atoms with Crippen molar-refractivity contribution in [3.05, 3.63) is 22.2 Å². The van der Waals surface area contributed by atoms with E-state index >= 15 is 0 Å². The molecule has 0 aliphatic heterocycles. The fourth-order valence-electron chi connectivity index (χ4n) is 0.622. The lowest BCUT2D eigenvalue weighted by Gasteiger charge is -1.78. The topological polar surface area (TPSA) is 12.9 Å². The lowest BCUT2D eigenvalue weighted by molar-refractivity contribution is 1.27. The molecule has 0 aliphatic carbocycles. The lowest BCUT2D eigenvalue weighted by atomic mass is 10.4. The van der Waals surface area contributed by atoms with Gasteiger partial charge in [0.15, 0.2) is 0 Å². The van der Waals surface area contributed by atoms with Crippen molar-refractivity contribution >= 4 is 33.3 Å². The fraction of sp³-hybridized carbons (Fsp3) is 0.286. The van der Waals surface area contributed by atoms with Gasteiger partial charge in [0.05, 0.1) is 10.7 Å². The van der Waals surface area contributed by atoms with Crippen molar-refractivity contribution in [2.45, 2.75) is 6.92 Å². The molecule has 54 valence electrons. The van der Waals surface area contributed by atoms with Crippen LogP contribution in [0.5, 0.6) is 0 Å². The summed E-state index contributed by atoms with van der Waals surface area (Å²) in [6.45, 7) is 2.01. The van der Waals surface area contributed by atoms with Crippen molar-refractivity contribution in [1.29, 1.82) is 0 Å². The molecule has 0 spiro atoms. The summed E-state index contributed by atoms with van der Waals surface area (Å²) in [5.74, 6) is 0.